The predicted octanol–water partition coefficient (Wildman–Crippen LogP) is 4.59. The van der Waals surface area contributed by atoms with Gasteiger partial charge in [-0.05, 0) is 61.2 Å². The third kappa shape index (κ3) is 4.84. The smallest absolute Gasteiger partial charge is 0.449 e. The number of para-hydroxylation sites is 2. The molecule has 2 aromatic carbocycles. The standard InChI is InChI=1S/C27H30N4O3/c32-27(33)34-25-11-5-14-28-26(25)30-19-17-29(18-20-30)15-6-16-31-23-9-3-1-7-21(23)12-13-22-8-2-4-10-24(22)31/h1-5,7-11,14H,6,12-13,15-20H2,(H,32,33). The van der Waals surface area contributed by atoms with Crippen molar-refractivity contribution in [1.29, 1.82) is 0 Å². The van der Waals surface area contributed by atoms with Gasteiger partial charge in [0.1, 0.15) is 0 Å². The van der Waals surface area contributed by atoms with E-state index in [1.165, 1.54) is 22.5 Å². The molecule has 0 unspecified atom stereocenters. The number of piperazine rings is 1. The van der Waals surface area contributed by atoms with Crippen molar-refractivity contribution in [3.63, 3.8) is 0 Å². The molecule has 176 valence electrons. The molecule has 0 atom stereocenters. The first kappa shape index (κ1) is 22.2. The molecule has 0 bridgehead atoms. The zero-order valence-corrected chi connectivity index (χ0v) is 19.3. The van der Waals surface area contributed by atoms with Crippen LogP contribution in [0.2, 0.25) is 0 Å². The summed E-state index contributed by atoms with van der Waals surface area (Å²) in [4.78, 5) is 22.5. The summed E-state index contributed by atoms with van der Waals surface area (Å²) in [5.41, 5.74) is 5.50. The fraction of sp³-hybridized carbons (Fsp3) is 0.333. The van der Waals surface area contributed by atoms with E-state index >= 15 is 0 Å². The second-order valence-corrected chi connectivity index (χ2v) is 8.78. The van der Waals surface area contributed by atoms with E-state index in [1.54, 1.807) is 18.3 Å². The number of ether oxygens (including phenoxy) is 1. The number of benzene rings is 2. The molecule has 3 aromatic rings. The number of carboxylic acid groups (broad SMARTS) is 1. The Bertz CT molecular complexity index is 1100. The van der Waals surface area contributed by atoms with Gasteiger partial charge < -0.3 is 19.6 Å². The Morgan fingerprint density at radius 3 is 2.15 bits per heavy atom. The van der Waals surface area contributed by atoms with Gasteiger partial charge in [0.2, 0.25) is 0 Å². The number of hydrogen-bond donors (Lipinski definition) is 1. The van der Waals surface area contributed by atoms with Crippen LogP contribution in [0.1, 0.15) is 17.5 Å². The minimum Gasteiger partial charge on any atom is -0.449 e. The number of fused-ring (bicyclic) bond motifs is 2. The number of anilines is 3. The molecule has 2 aliphatic heterocycles. The van der Waals surface area contributed by atoms with E-state index < -0.39 is 6.16 Å². The number of aromatic nitrogens is 1. The van der Waals surface area contributed by atoms with E-state index in [0.717, 1.165) is 58.5 Å². The van der Waals surface area contributed by atoms with Gasteiger partial charge in [-0.1, -0.05) is 36.4 Å². The summed E-state index contributed by atoms with van der Waals surface area (Å²) in [6.45, 7) is 5.41. The normalized spacial score (nSPS) is 15.9. The third-order valence-corrected chi connectivity index (χ3v) is 6.70. The fourth-order valence-electron chi connectivity index (χ4n) is 5.04. The molecule has 2 aliphatic rings. The molecule has 0 amide bonds. The van der Waals surface area contributed by atoms with Crippen LogP contribution in [-0.4, -0.2) is 60.4 Å². The summed E-state index contributed by atoms with van der Waals surface area (Å²) < 4.78 is 4.92. The lowest BCUT2D eigenvalue weighted by molar-refractivity contribution is 0.144. The van der Waals surface area contributed by atoms with E-state index in [2.05, 4.69) is 68.2 Å². The highest BCUT2D eigenvalue weighted by atomic mass is 16.7. The lowest BCUT2D eigenvalue weighted by Crippen LogP contribution is -2.47. The molecule has 3 heterocycles. The molecule has 0 aliphatic carbocycles. The van der Waals surface area contributed by atoms with E-state index in [-0.39, 0.29) is 0 Å². The first-order valence-electron chi connectivity index (χ1n) is 12.0. The first-order chi connectivity index (χ1) is 16.7. The number of aryl methyl sites for hydroxylation is 2. The molecule has 7 heteroatoms. The maximum absolute atomic E-state index is 11.0. The van der Waals surface area contributed by atoms with Crippen LogP contribution in [0.4, 0.5) is 22.0 Å². The minimum atomic E-state index is -1.32. The maximum atomic E-state index is 11.0. The third-order valence-electron chi connectivity index (χ3n) is 6.70. The Morgan fingerprint density at radius 2 is 1.50 bits per heavy atom. The van der Waals surface area contributed by atoms with Gasteiger partial charge in [0.15, 0.2) is 11.6 Å². The average molecular weight is 459 g/mol. The molecule has 1 aromatic heterocycles. The van der Waals surface area contributed by atoms with Gasteiger partial charge in [-0.25, -0.2) is 9.78 Å². The summed E-state index contributed by atoms with van der Waals surface area (Å²) in [5.74, 6) is 0.893. The second kappa shape index (κ2) is 10.1. The maximum Gasteiger partial charge on any atom is 0.511 e. The van der Waals surface area contributed by atoms with E-state index in [1.807, 2.05) is 0 Å². The summed E-state index contributed by atoms with van der Waals surface area (Å²) in [6.07, 6.45) is 3.58. The molecular formula is C27H30N4O3. The monoisotopic (exact) mass is 458 g/mol. The molecule has 1 saturated heterocycles. The summed E-state index contributed by atoms with van der Waals surface area (Å²) in [7, 11) is 0. The Labute approximate surface area is 200 Å². The lowest BCUT2D eigenvalue weighted by Gasteiger charge is -2.36. The van der Waals surface area contributed by atoms with E-state index in [9.17, 15) is 4.79 Å². The van der Waals surface area contributed by atoms with Crippen LogP contribution >= 0.6 is 0 Å². The van der Waals surface area contributed by atoms with Crippen LogP contribution in [0.5, 0.6) is 5.75 Å². The number of nitrogens with zero attached hydrogens (tertiary/aromatic N) is 4. The van der Waals surface area contributed by atoms with Crippen molar-refractivity contribution in [1.82, 2.24) is 9.88 Å². The summed E-state index contributed by atoms with van der Waals surface area (Å²) in [6, 6.07) is 20.9. The molecule has 1 N–H and O–H groups in total. The molecule has 0 spiro atoms. The van der Waals surface area contributed by atoms with Crippen LogP contribution in [0.25, 0.3) is 0 Å². The second-order valence-electron chi connectivity index (χ2n) is 8.78. The summed E-state index contributed by atoms with van der Waals surface area (Å²) in [5, 5.41) is 9.00. The van der Waals surface area contributed by atoms with Gasteiger partial charge >= 0.3 is 6.16 Å². The van der Waals surface area contributed by atoms with Crippen molar-refractivity contribution in [3.05, 3.63) is 78.0 Å². The van der Waals surface area contributed by atoms with Crippen LogP contribution in [0, 0.1) is 0 Å². The highest BCUT2D eigenvalue weighted by Gasteiger charge is 2.23. The minimum absolute atomic E-state index is 0.293. The Balaban J connectivity index is 1.20. The Kier molecular flexibility index (Phi) is 6.62. The van der Waals surface area contributed by atoms with Gasteiger partial charge in [0.05, 0.1) is 0 Å². The van der Waals surface area contributed by atoms with Gasteiger partial charge in [0, 0.05) is 50.3 Å². The molecule has 7 nitrogen and oxygen atoms in total. The van der Waals surface area contributed by atoms with Gasteiger partial charge in [-0.2, -0.15) is 0 Å². The Morgan fingerprint density at radius 1 is 0.853 bits per heavy atom. The molecule has 5 rings (SSSR count). The zero-order chi connectivity index (χ0) is 23.3. The van der Waals surface area contributed by atoms with Gasteiger partial charge in [-0.3, -0.25) is 4.90 Å². The van der Waals surface area contributed by atoms with Crippen molar-refractivity contribution in [2.75, 3.05) is 49.1 Å². The van der Waals surface area contributed by atoms with Gasteiger partial charge in [0.25, 0.3) is 0 Å². The topological polar surface area (TPSA) is 69.1 Å². The van der Waals surface area contributed by atoms with Crippen molar-refractivity contribution in [2.45, 2.75) is 19.3 Å². The number of rotatable bonds is 6. The number of hydrogen-bond acceptors (Lipinski definition) is 6. The van der Waals surface area contributed by atoms with Gasteiger partial charge in [-0.15, -0.1) is 0 Å². The Hall–Kier alpha value is -3.58. The van der Waals surface area contributed by atoms with Crippen LogP contribution in [-0.2, 0) is 12.8 Å². The highest BCUT2D eigenvalue weighted by Crippen LogP contribution is 2.36. The molecular weight excluding hydrogens is 428 g/mol. The lowest BCUT2D eigenvalue weighted by atomic mass is 10.0. The van der Waals surface area contributed by atoms with E-state index in [0.29, 0.717) is 11.6 Å². The molecule has 0 radical (unpaired) electrons. The quantitative estimate of drug-likeness (QED) is 0.542. The zero-order valence-electron chi connectivity index (χ0n) is 19.3. The molecule has 34 heavy (non-hydrogen) atoms. The molecule has 1 fully saturated rings. The largest absolute Gasteiger partial charge is 0.511 e. The van der Waals surface area contributed by atoms with E-state index in [4.69, 9.17) is 9.84 Å². The predicted molar refractivity (Wildman–Crippen MR) is 133 cm³/mol. The SMILES string of the molecule is O=C(O)Oc1cccnc1N1CCN(CCCN2c3ccccc3CCc3ccccc32)CC1. The van der Waals surface area contributed by atoms with Crippen molar-refractivity contribution in [2.24, 2.45) is 0 Å². The fourth-order valence-corrected chi connectivity index (χ4v) is 5.04. The number of carbonyl (C=O) groups is 1. The van der Waals surface area contributed by atoms with Crippen molar-refractivity contribution >= 4 is 23.3 Å². The highest BCUT2D eigenvalue weighted by molar-refractivity contribution is 5.71. The van der Waals surface area contributed by atoms with Crippen molar-refractivity contribution in [3.8, 4) is 5.75 Å². The van der Waals surface area contributed by atoms with Crippen LogP contribution in [0.3, 0.4) is 0 Å². The average Bonchev–Trinajstić information content (AvgIpc) is 3.02. The first-order valence-corrected chi connectivity index (χ1v) is 12.0. The van der Waals surface area contributed by atoms with Crippen molar-refractivity contribution < 1.29 is 14.6 Å². The number of pyridine rings is 1. The van der Waals surface area contributed by atoms with Crippen LogP contribution in [0.15, 0.2) is 66.9 Å². The van der Waals surface area contributed by atoms with Crippen LogP contribution < -0.4 is 14.5 Å². The molecule has 0 saturated carbocycles. The summed E-state index contributed by atoms with van der Waals surface area (Å²) >= 11 is 0.